The summed E-state index contributed by atoms with van der Waals surface area (Å²) in [5.74, 6) is 0.255. The Balaban J connectivity index is 1.76. The molecule has 0 spiro atoms. The second-order valence-electron chi connectivity index (χ2n) is 7.30. The van der Waals surface area contributed by atoms with Crippen molar-refractivity contribution in [3.05, 3.63) is 82.4 Å². The molecular weight excluding hydrogens is 414 g/mol. The number of carboxylic acids is 1. The van der Waals surface area contributed by atoms with Crippen LogP contribution in [-0.2, 0) is 17.8 Å². The van der Waals surface area contributed by atoms with Gasteiger partial charge in [-0.25, -0.2) is 0 Å². The largest absolute Gasteiger partial charge is 0.493 e. The van der Waals surface area contributed by atoms with Gasteiger partial charge in [0.25, 0.3) is 0 Å². The van der Waals surface area contributed by atoms with E-state index in [1.54, 1.807) is 13.2 Å². The molecule has 0 saturated carbocycles. The molecule has 0 aliphatic rings. The van der Waals surface area contributed by atoms with Crippen LogP contribution >= 0.6 is 11.6 Å². The minimum Gasteiger partial charge on any atom is -0.493 e. The van der Waals surface area contributed by atoms with Gasteiger partial charge in [0.15, 0.2) is 11.5 Å². The zero-order valence-electron chi connectivity index (χ0n) is 17.2. The predicted molar refractivity (Wildman–Crippen MR) is 122 cm³/mol. The van der Waals surface area contributed by atoms with Crippen molar-refractivity contribution in [3.63, 3.8) is 0 Å². The van der Waals surface area contributed by atoms with Crippen LogP contribution in [0.3, 0.4) is 0 Å². The third-order valence-corrected chi connectivity index (χ3v) is 5.55. The number of hydrogen-bond acceptors (Lipinski definition) is 3. The van der Waals surface area contributed by atoms with Crippen molar-refractivity contribution in [1.29, 1.82) is 0 Å². The smallest absolute Gasteiger partial charge is 0.307 e. The molecule has 3 aromatic carbocycles. The molecule has 4 aromatic rings. The van der Waals surface area contributed by atoms with Gasteiger partial charge in [0.1, 0.15) is 6.61 Å². The number of halogens is 1. The summed E-state index contributed by atoms with van der Waals surface area (Å²) >= 11 is 6.44. The monoisotopic (exact) mass is 435 g/mol. The van der Waals surface area contributed by atoms with E-state index in [0.29, 0.717) is 34.4 Å². The zero-order chi connectivity index (χ0) is 22.0. The summed E-state index contributed by atoms with van der Waals surface area (Å²) in [5.41, 5.74) is 5.04. The summed E-state index contributed by atoms with van der Waals surface area (Å²) in [6, 6.07) is 19.2. The maximum atomic E-state index is 11.6. The number of aromatic amines is 1. The van der Waals surface area contributed by atoms with Gasteiger partial charge in [-0.2, -0.15) is 0 Å². The molecule has 5 nitrogen and oxygen atoms in total. The lowest BCUT2D eigenvalue weighted by Gasteiger charge is -2.13. The molecule has 1 heterocycles. The molecule has 1 aromatic heterocycles. The van der Waals surface area contributed by atoms with Crippen LogP contribution in [0.5, 0.6) is 11.5 Å². The minimum absolute atomic E-state index is 0.146. The SMILES string of the molecule is COc1cc(-c2[nH]c3c(C)ccc(Cl)c3c2CC(=O)O)ccc1OCc1ccccc1. The third kappa shape index (κ3) is 4.23. The topological polar surface area (TPSA) is 71.6 Å². The van der Waals surface area contributed by atoms with Crippen LogP contribution < -0.4 is 9.47 Å². The number of nitrogens with one attached hydrogen (secondary N) is 1. The van der Waals surface area contributed by atoms with Crippen molar-refractivity contribution < 1.29 is 19.4 Å². The van der Waals surface area contributed by atoms with E-state index in [-0.39, 0.29) is 6.42 Å². The Morgan fingerprint density at radius 2 is 1.84 bits per heavy atom. The maximum absolute atomic E-state index is 11.6. The Kier molecular flexibility index (Phi) is 5.87. The molecule has 0 aliphatic carbocycles. The van der Waals surface area contributed by atoms with Gasteiger partial charge >= 0.3 is 5.97 Å². The van der Waals surface area contributed by atoms with E-state index in [9.17, 15) is 9.90 Å². The Hall–Kier alpha value is -3.44. The zero-order valence-corrected chi connectivity index (χ0v) is 18.0. The highest BCUT2D eigenvalue weighted by atomic mass is 35.5. The second-order valence-corrected chi connectivity index (χ2v) is 7.71. The van der Waals surface area contributed by atoms with Crippen LogP contribution in [-0.4, -0.2) is 23.2 Å². The van der Waals surface area contributed by atoms with Crippen LogP contribution in [0, 0.1) is 6.92 Å². The lowest BCUT2D eigenvalue weighted by Crippen LogP contribution is -2.01. The summed E-state index contributed by atoms with van der Waals surface area (Å²) in [6.07, 6.45) is -0.146. The molecule has 158 valence electrons. The van der Waals surface area contributed by atoms with Crippen molar-refractivity contribution in [1.82, 2.24) is 4.98 Å². The Labute approximate surface area is 185 Å². The van der Waals surface area contributed by atoms with Gasteiger partial charge in [-0.15, -0.1) is 0 Å². The van der Waals surface area contributed by atoms with Crippen molar-refractivity contribution in [3.8, 4) is 22.8 Å². The van der Waals surface area contributed by atoms with Gasteiger partial charge in [0.2, 0.25) is 0 Å². The number of hydrogen-bond donors (Lipinski definition) is 2. The molecule has 0 unspecified atom stereocenters. The number of rotatable bonds is 7. The van der Waals surface area contributed by atoms with Gasteiger partial charge in [-0.1, -0.05) is 48.0 Å². The Bertz CT molecular complexity index is 1250. The first-order valence-corrected chi connectivity index (χ1v) is 10.2. The maximum Gasteiger partial charge on any atom is 0.307 e. The molecule has 0 fully saturated rings. The molecule has 31 heavy (non-hydrogen) atoms. The van der Waals surface area contributed by atoms with Gasteiger partial charge in [-0.05, 0) is 47.9 Å². The fourth-order valence-electron chi connectivity index (χ4n) is 3.72. The molecule has 0 bridgehead atoms. The number of carbonyl (C=O) groups is 1. The van der Waals surface area contributed by atoms with Crippen LogP contribution in [0.2, 0.25) is 5.02 Å². The van der Waals surface area contributed by atoms with Crippen LogP contribution in [0.25, 0.3) is 22.2 Å². The van der Waals surface area contributed by atoms with E-state index in [0.717, 1.165) is 27.6 Å². The van der Waals surface area contributed by atoms with Crippen molar-refractivity contribution in [2.45, 2.75) is 20.0 Å². The highest BCUT2D eigenvalue weighted by molar-refractivity contribution is 6.36. The van der Waals surface area contributed by atoms with E-state index < -0.39 is 5.97 Å². The summed E-state index contributed by atoms with van der Waals surface area (Å²) in [5, 5.41) is 10.8. The van der Waals surface area contributed by atoms with Crippen LogP contribution in [0.4, 0.5) is 0 Å². The molecular formula is C25H22ClNO4. The fraction of sp³-hybridized carbons (Fsp3) is 0.160. The molecule has 0 amide bonds. The average molecular weight is 436 g/mol. The lowest BCUT2D eigenvalue weighted by atomic mass is 10.0. The van der Waals surface area contributed by atoms with Crippen molar-refractivity contribution in [2.24, 2.45) is 0 Å². The summed E-state index contributed by atoms with van der Waals surface area (Å²) in [6.45, 7) is 2.38. The summed E-state index contributed by atoms with van der Waals surface area (Å²) < 4.78 is 11.5. The number of fused-ring (bicyclic) bond motifs is 1. The van der Waals surface area contributed by atoms with Crippen molar-refractivity contribution in [2.75, 3.05) is 7.11 Å². The fourth-order valence-corrected chi connectivity index (χ4v) is 3.99. The normalized spacial score (nSPS) is 10.9. The minimum atomic E-state index is -0.922. The number of aryl methyl sites for hydroxylation is 1. The Morgan fingerprint density at radius 1 is 1.06 bits per heavy atom. The number of carboxylic acid groups (broad SMARTS) is 1. The van der Waals surface area contributed by atoms with E-state index in [1.165, 1.54) is 0 Å². The summed E-state index contributed by atoms with van der Waals surface area (Å²) in [7, 11) is 1.58. The van der Waals surface area contributed by atoms with E-state index in [1.807, 2.05) is 61.5 Å². The highest BCUT2D eigenvalue weighted by Crippen LogP contribution is 2.39. The number of H-pyrrole nitrogens is 1. The number of methoxy groups -OCH3 is 1. The molecule has 6 heteroatoms. The molecule has 0 atom stereocenters. The van der Waals surface area contributed by atoms with Gasteiger partial charge in [-0.3, -0.25) is 4.79 Å². The molecule has 0 radical (unpaired) electrons. The molecule has 2 N–H and O–H groups in total. The molecule has 4 rings (SSSR count). The quantitative estimate of drug-likeness (QED) is 0.373. The molecule has 0 saturated heterocycles. The Morgan fingerprint density at radius 3 is 2.55 bits per heavy atom. The predicted octanol–water partition coefficient (Wildman–Crippen LogP) is 6.01. The first-order chi connectivity index (χ1) is 15.0. The number of aromatic nitrogens is 1. The first-order valence-electron chi connectivity index (χ1n) is 9.84. The third-order valence-electron chi connectivity index (χ3n) is 5.23. The van der Waals surface area contributed by atoms with Gasteiger partial charge < -0.3 is 19.6 Å². The van der Waals surface area contributed by atoms with E-state index >= 15 is 0 Å². The van der Waals surface area contributed by atoms with Gasteiger partial charge in [0.05, 0.1) is 29.8 Å². The van der Waals surface area contributed by atoms with E-state index in [2.05, 4.69) is 4.98 Å². The number of benzene rings is 3. The van der Waals surface area contributed by atoms with E-state index in [4.69, 9.17) is 21.1 Å². The number of aliphatic carboxylic acids is 1. The van der Waals surface area contributed by atoms with Gasteiger partial charge in [0, 0.05) is 10.9 Å². The van der Waals surface area contributed by atoms with Crippen molar-refractivity contribution >= 4 is 28.5 Å². The van der Waals surface area contributed by atoms with Crippen LogP contribution in [0.15, 0.2) is 60.7 Å². The standard InChI is InChI=1S/C25H22ClNO4/c1-15-8-10-19(26)23-18(13-22(28)29)25(27-24(15)23)17-9-11-20(21(12-17)30-2)31-14-16-6-4-3-5-7-16/h3-12,27H,13-14H2,1-2H3,(H,28,29). The highest BCUT2D eigenvalue weighted by Gasteiger charge is 2.20. The van der Waals surface area contributed by atoms with Crippen LogP contribution in [0.1, 0.15) is 16.7 Å². The second kappa shape index (κ2) is 8.74. The molecule has 0 aliphatic heterocycles. The number of ether oxygens (including phenoxy) is 2. The summed E-state index contributed by atoms with van der Waals surface area (Å²) in [4.78, 5) is 15.0. The first kappa shape index (κ1) is 20.8. The lowest BCUT2D eigenvalue weighted by molar-refractivity contribution is -0.136. The average Bonchev–Trinajstić information content (AvgIpc) is 3.15.